The maximum absolute atomic E-state index is 11.6. The summed E-state index contributed by atoms with van der Waals surface area (Å²) in [7, 11) is 0. The number of benzene rings is 1. The van der Waals surface area contributed by atoms with Gasteiger partial charge >= 0.3 is 0 Å². The molecule has 2 aromatic rings. The highest BCUT2D eigenvalue weighted by Gasteiger charge is 2.04. The summed E-state index contributed by atoms with van der Waals surface area (Å²) in [6.07, 6.45) is 4.39. The summed E-state index contributed by atoms with van der Waals surface area (Å²) >= 11 is 0. The lowest BCUT2D eigenvalue weighted by atomic mass is 10.2. The highest BCUT2D eigenvalue weighted by molar-refractivity contribution is 5.94. The Morgan fingerprint density at radius 3 is 2.57 bits per heavy atom. The van der Waals surface area contributed by atoms with Crippen LogP contribution in [0.3, 0.4) is 0 Å². The normalized spacial score (nSPS) is 9.90. The Hall–Kier alpha value is -3.13. The van der Waals surface area contributed by atoms with Crippen LogP contribution in [-0.2, 0) is 0 Å². The highest BCUT2D eigenvalue weighted by atomic mass is 16.6. The van der Waals surface area contributed by atoms with Gasteiger partial charge in [-0.05, 0) is 29.8 Å². The molecule has 21 heavy (non-hydrogen) atoms. The van der Waals surface area contributed by atoms with Crippen LogP contribution in [0.1, 0.15) is 15.9 Å². The number of nitro benzene ring substituents is 1. The summed E-state index contributed by atoms with van der Waals surface area (Å²) in [5.41, 5.74) is 3.38. The van der Waals surface area contributed by atoms with Gasteiger partial charge in [-0.15, -0.1) is 0 Å². The van der Waals surface area contributed by atoms with E-state index in [1.165, 1.54) is 36.7 Å². The molecule has 0 fully saturated rings. The number of rotatable bonds is 4. The smallest absolute Gasteiger partial charge is 0.272 e. The number of carbonyl (C=O) groups is 1. The number of aromatic nitrogens is 1. The lowest BCUT2D eigenvalue weighted by molar-refractivity contribution is -0.384. The fourth-order valence-electron chi connectivity index (χ4n) is 1.41. The Bertz CT molecular complexity index is 641. The number of nitrogens with one attached hydrogen (secondary N) is 1. The van der Waals surface area contributed by atoms with E-state index in [2.05, 4.69) is 15.5 Å². The molecule has 0 bridgehead atoms. The van der Waals surface area contributed by atoms with Gasteiger partial charge in [-0.25, -0.2) is 5.43 Å². The van der Waals surface area contributed by atoms with Gasteiger partial charge in [0.25, 0.3) is 11.6 Å². The summed E-state index contributed by atoms with van der Waals surface area (Å²) in [6.45, 7) is 0. The predicted octanol–water partition coefficient (Wildman–Crippen LogP) is 0.929. The van der Waals surface area contributed by atoms with Crippen molar-refractivity contribution < 1.29 is 15.2 Å². The van der Waals surface area contributed by atoms with Crippen molar-refractivity contribution in [3.8, 4) is 0 Å². The van der Waals surface area contributed by atoms with E-state index >= 15 is 0 Å². The van der Waals surface area contributed by atoms with Gasteiger partial charge in [0.05, 0.1) is 16.7 Å². The van der Waals surface area contributed by atoms with Crippen molar-refractivity contribution in [1.29, 1.82) is 0 Å². The van der Waals surface area contributed by atoms with Gasteiger partial charge in [0, 0.05) is 24.5 Å². The van der Waals surface area contributed by atoms with Crippen molar-refractivity contribution in [1.82, 2.24) is 10.4 Å². The van der Waals surface area contributed by atoms with Crippen LogP contribution in [0.15, 0.2) is 53.9 Å². The van der Waals surface area contributed by atoms with E-state index in [-0.39, 0.29) is 17.1 Å². The number of non-ortho nitro benzene ring substituents is 1. The van der Waals surface area contributed by atoms with Crippen LogP contribution < -0.4 is 5.43 Å². The summed E-state index contributed by atoms with van der Waals surface area (Å²) in [4.78, 5) is 25.4. The number of amides is 1. The van der Waals surface area contributed by atoms with E-state index in [9.17, 15) is 14.9 Å². The maximum atomic E-state index is 11.6. The Balaban J connectivity index is 0.00000220. The molecule has 108 valence electrons. The van der Waals surface area contributed by atoms with Crippen molar-refractivity contribution >= 4 is 17.8 Å². The van der Waals surface area contributed by atoms with E-state index in [1.807, 2.05) is 0 Å². The van der Waals surface area contributed by atoms with Crippen LogP contribution in [0.25, 0.3) is 0 Å². The quantitative estimate of drug-likeness (QED) is 0.509. The summed E-state index contributed by atoms with van der Waals surface area (Å²) in [5, 5.41) is 14.3. The van der Waals surface area contributed by atoms with Crippen molar-refractivity contribution in [3.63, 3.8) is 0 Å². The zero-order chi connectivity index (χ0) is 14.4. The fourth-order valence-corrected chi connectivity index (χ4v) is 1.41. The largest absolute Gasteiger partial charge is 0.412 e. The van der Waals surface area contributed by atoms with E-state index in [4.69, 9.17) is 0 Å². The fraction of sp³-hybridized carbons (Fsp3) is 0. The molecular formula is C13H12N4O4. The lowest BCUT2D eigenvalue weighted by Gasteiger charge is -1.98. The Morgan fingerprint density at radius 1 is 1.29 bits per heavy atom. The monoisotopic (exact) mass is 288 g/mol. The minimum atomic E-state index is -0.481. The molecule has 0 radical (unpaired) electrons. The molecule has 8 heteroatoms. The predicted molar refractivity (Wildman–Crippen MR) is 76.0 cm³/mol. The highest BCUT2D eigenvalue weighted by Crippen LogP contribution is 2.10. The van der Waals surface area contributed by atoms with Crippen molar-refractivity contribution in [2.45, 2.75) is 0 Å². The maximum Gasteiger partial charge on any atom is 0.272 e. The topological polar surface area (TPSA) is 129 Å². The molecule has 0 aliphatic heterocycles. The Morgan fingerprint density at radius 2 is 2.00 bits per heavy atom. The van der Waals surface area contributed by atoms with Crippen LogP contribution in [0.4, 0.5) is 5.69 Å². The van der Waals surface area contributed by atoms with Crippen LogP contribution in [0.2, 0.25) is 0 Å². The molecule has 1 aromatic heterocycles. The molecule has 8 nitrogen and oxygen atoms in total. The molecule has 2 rings (SSSR count). The minimum Gasteiger partial charge on any atom is -0.412 e. The third-order valence-corrected chi connectivity index (χ3v) is 2.41. The number of nitro groups is 1. The summed E-state index contributed by atoms with van der Waals surface area (Å²) in [6, 6.07) is 9.07. The molecule has 1 aromatic carbocycles. The number of hydrogen-bond donors (Lipinski definition) is 1. The first-order chi connectivity index (χ1) is 9.66. The van der Waals surface area contributed by atoms with Gasteiger partial charge in [0.1, 0.15) is 0 Å². The van der Waals surface area contributed by atoms with Gasteiger partial charge < -0.3 is 5.48 Å². The molecule has 0 unspecified atom stereocenters. The summed E-state index contributed by atoms with van der Waals surface area (Å²) in [5.74, 6) is -0.378. The molecule has 0 aliphatic rings. The molecule has 1 heterocycles. The van der Waals surface area contributed by atoms with E-state index in [0.29, 0.717) is 11.1 Å². The van der Waals surface area contributed by atoms with Gasteiger partial charge in [-0.2, -0.15) is 5.10 Å². The van der Waals surface area contributed by atoms with Gasteiger partial charge in [-0.1, -0.05) is 0 Å². The molecule has 0 saturated carbocycles. The molecule has 0 aliphatic carbocycles. The molecule has 1 amide bonds. The van der Waals surface area contributed by atoms with Gasteiger partial charge in [0.2, 0.25) is 0 Å². The second-order valence-corrected chi connectivity index (χ2v) is 3.79. The average Bonchev–Trinajstić information content (AvgIpc) is 2.48. The van der Waals surface area contributed by atoms with Gasteiger partial charge in [0.15, 0.2) is 0 Å². The zero-order valence-corrected chi connectivity index (χ0v) is 10.8. The first-order valence-electron chi connectivity index (χ1n) is 5.65. The molecular weight excluding hydrogens is 276 g/mol. The Kier molecular flexibility index (Phi) is 5.66. The lowest BCUT2D eigenvalue weighted by Crippen LogP contribution is -2.17. The van der Waals surface area contributed by atoms with Crippen LogP contribution >= 0.6 is 0 Å². The number of nitrogens with zero attached hydrogens (tertiary/aromatic N) is 3. The number of pyridine rings is 1. The summed E-state index contributed by atoms with van der Waals surface area (Å²) < 4.78 is 0. The average molecular weight is 288 g/mol. The van der Waals surface area contributed by atoms with Crippen molar-refractivity contribution in [2.75, 3.05) is 0 Å². The van der Waals surface area contributed by atoms with Gasteiger partial charge in [-0.3, -0.25) is 19.9 Å². The van der Waals surface area contributed by atoms with Crippen LogP contribution in [0.5, 0.6) is 0 Å². The van der Waals surface area contributed by atoms with Crippen LogP contribution in [0, 0.1) is 10.1 Å². The second-order valence-electron chi connectivity index (χ2n) is 3.79. The minimum absolute atomic E-state index is 0. The van der Waals surface area contributed by atoms with Crippen molar-refractivity contribution in [3.05, 3.63) is 70.0 Å². The zero-order valence-electron chi connectivity index (χ0n) is 10.8. The first kappa shape index (κ1) is 15.9. The first-order valence-corrected chi connectivity index (χ1v) is 5.65. The number of hydrazone groups is 1. The molecule has 3 N–H and O–H groups in total. The SMILES string of the molecule is O.O=C(N/N=C/c1ccc([N+](=O)[O-])cc1)c1cccnc1. The van der Waals surface area contributed by atoms with E-state index in [0.717, 1.165) is 0 Å². The Labute approximate surface area is 119 Å². The standard InChI is InChI=1S/C13H10N4O3.H2O/c18-13(11-2-1-7-14-9-11)16-15-8-10-3-5-12(6-4-10)17(19)20;/h1-9H,(H,16,18);1H2/b15-8+;. The number of hydrogen-bond acceptors (Lipinski definition) is 5. The van der Waals surface area contributed by atoms with E-state index < -0.39 is 4.92 Å². The number of carbonyl (C=O) groups excluding carboxylic acids is 1. The van der Waals surface area contributed by atoms with Crippen LogP contribution in [-0.4, -0.2) is 27.5 Å². The molecule has 0 saturated heterocycles. The molecule has 0 atom stereocenters. The van der Waals surface area contributed by atoms with E-state index in [1.54, 1.807) is 18.3 Å². The second kappa shape index (κ2) is 7.46. The molecule has 0 spiro atoms. The third-order valence-electron chi connectivity index (χ3n) is 2.41. The third kappa shape index (κ3) is 4.48. The van der Waals surface area contributed by atoms with Crippen molar-refractivity contribution in [2.24, 2.45) is 5.10 Å².